The topological polar surface area (TPSA) is 78.9 Å². The summed E-state index contributed by atoms with van der Waals surface area (Å²) in [6.07, 6.45) is 49.4. The van der Waals surface area contributed by atoms with Gasteiger partial charge in [0.2, 0.25) is 0 Å². The molecule has 0 aliphatic carbocycles. The van der Waals surface area contributed by atoms with Crippen molar-refractivity contribution in [3.8, 4) is 0 Å². The van der Waals surface area contributed by atoms with Gasteiger partial charge in [-0.25, -0.2) is 0 Å². The molecule has 0 bridgehead atoms. The van der Waals surface area contributed by atoms with Crippen molar-refractivity contribution in [1.29, 1.82) is 0 Å². The molecule has 63 heavy (non-hydrogen) atoms. The van der Waals surface area contributed by atoms with E-state index in [1.807, 2.05) is 0 Å². The van der Waals surface area contributed by atoms with Crippen LogP contribution >= 0.6 is 0 Å². The summed E-state index contributed by atoms with van der Waals surface area (Å²) in [7, 11) is 0. The van der Waals surface area contributed by atoms with E-state index >= 15 is 0 Å². The smallest absolute Gasteiger partial charge is 0.306 e. The summed E-state index contributed by atoms with van der Waals surface area (Å²) in [6, 6.07) is 0. The summed E-state index contributed by atoms with van der Waals surface area (Å²) >= 11 is 0. The highest BCUT2D eigenvalue weighted by molar-refractivity contribution is 5.71. The highest BCUT2D eigenvalue weighted by Gasteiger charge is 2.19. The highest BCUT2D eigenvalue weighted by atomic mass is 16.6. The fourth-order valence-corrected chi connectivity index (χ4v) is 8.61. The van der Waals surface area contributed by atoms with Crippen LogP contribution in [0.1, 0.15) is 311 Å². The van der Waals surface area contributed by atoms with Gasteiger partial charge in [-0.15, -0.1) is 0 Å². The minimum Gasteiger partial charge on any atom is -0.462 e. The largest absolute Gasteiger partial charge is 0.462 e. The van der Waals surface area contributed by atoms with Crippen LogP contribution < -0.4 is 0 Å². The van der Waals surface area contributed by atoms with E-state index in [0.29, 0.717) is 19.3 Å². The van der Waals surface area contributed by atoms with Crippen LogP contribution in [0.15, 0.2) is 0 Å². The van der Waals surface area contributed by atoms with Crippen molar-refractivity contribution < 1.29 is 28.6 Å². The van der Waals surface area contributed by atoms with E-state index in [1.165, 1.54) is 193 Å². The number of hydrogen-bond donors (Lipinski definition) is 0. The lowest BCUT2D eigenvalue weighted by Gasteiger charge is -2.18. The Balaban J connectivity index is 4.32. The summed E-state index contributed by atoms with van der Waals surface area (Å²) in [6.45, 7) is 13.8. The molecule has 0 saturated carbocycles. The predicted octanol–water partition coefficient (Wildman–Crippen LogP) is 18.3. The highest BCUT2D eigenvalue weighted by Crippen LogP contribution is 2.18. The standard InChI is InChI=1S/C57H110O6/c1-7-53(6)45-39-33-27-21-17-18-24-30-36-42-48-57(60)63-54(50-62-56(59)47-41-35-29-23-16-12-11-14-20-26-32-38-44-52(4)5)49-61-55(58)46-40-34-28-22-15-10-8-9-13-19-25-31-37-43-51(2)3/h51-54H,7-50H2,1-6H3/t53?,54-/m1/s1. The third-order valence-electron chi connectivity index (χ3n) is 13.3. The molecule has 374 valence electrons. The molecular weight excluding hydrogens is 781 g/mol. The minimum absolute atomic E-state index is 0.0639. The van der Waals surface area contributed by atoms with Crippen molar-refractivity contribution in [3.63, 3.8) is 0 Å². The number of ether oxygens (including phenoxy) is 3. The average molecular weight is 892 g/mol. The van der Waals surface area contributed by atoms with Gasteiger partial charge in [-0.1, -0.05) is 273 Å². The van der Waals surface area contributed by atoms with Gasteiger partial charge in [0, 0.05) is 19.3 Å². The van der Waals surface area contributed by atoms with Crippen molar-refractivity contribution in [1.82, 2.24) is 0 Å². The third-order valence-corrected chi connectivity index (χ3v) is 13.3. The molecule has 1 unspecified atom stereocenters. The van der Waals surface area contributed by atoms with E-state index in [2.05, 4.69) is 41.5 Å². The molecule has 0 fully saturated rings. The van der Waals surface area contributed by atoms with E-state index in [9.17, 15) is 14.4 Å². The molecule has 0 aliphatic heterocycles. The van der Waals surface area contributed by atoms with Gasteiger partial charge in [0.25, 0.3) is 0 Å². The first-order chi connectivity index (χ1) is 30.6. The third kappa shape index (κ3) is 49.7. The molecule has 6 heteroatoms. The van der Waals surface area contributed by atoms with Crippen LogP contribution in [0.5, 0.6) is 0 Å². The van der Waals surface area contributed by atoms with E-state index in [0.717, 1.165) is 75.5 Å². The molecule has 0 saturated heterocycles. The van der Waals surface area contributed by atoms with Crippen molar-refractivity contribution in [2.24, 2.45) is 17.8 Å². The number of carbonyl (C=O) groups excluding carboxylic acids is 3. The maximum atomic E-state index is 12.8. The second kappa shape index (κ2) is 48.3. The van der Waals surface area contributed by atoms with Gasteiger partial charge in [-0.05, 0) is 37.0 Å². The van der Waals surface area contributed by atoms with Gasteiger partial charge in [0.05, 0.1) is 0 Å². The normalized spacial score (nSPS) is 12.6. The molecule has 0 amide bonds. The van der Waals surface area contributed by atoms with E-state index in [-0.39, 0.29) is 31.1 Å². The van der Waals surface area contributed by atoms with Crippen LogP contribution in [0.2, 0.25) is 0 Å². The Morgan fingerprint density at radius 2 is 0.556 bits per heavy atom. The van der Waals surface area contributed by atoms with E-state index in [1.54, 1.807) is 0 Å². The van der Waals surface area contributed by atoms with E-state index < -0.39 is 6.10 Å². The number of unbranched alkanes of at least 4 members (excludes halogenated alkanes) is 32. The molecule has 0 heterocycles. The molecule has 0 rings (SSSR count). The molecule has 2 atom stereocenters. The Morgan fingerprint density at radius 1 is 0.317 bits per heavy atom. The van der Waals surface area contributed by atoms with E-state index in [4.69, 9.17) is 14.2 Å². The van der Waals surface area contributed by atoms with Gasteiger partial charge < -0.3 is 14.2 Å². The molecule has 0 radical (unpaired) electrons. The predicted molar refractivity (Wildman–Crippen MR) is 270 cm³/mol. The summed E-state index contributed by atoms with van der Waals surface area (Å²) in [5.74, 6) is 1.69. The Kier molecular flexibility index (Phi) is 47.1. The van der Waals surface area contributed by atoms with Crippen molar-refractivity contribution >= 4 is 17.9 Å². The molecule has 0 aromatic rings. The number of esters is 3. The Labute approximate surface area is 393 Å². The first-order valence-corrected chi connectivity index (χ1v) is 28.1. The summed E-state index contributed by atoms with van der Waals surface area (Å²) in [5, 5.41) is 0. The second-order valence-electron chi connectivity index (χ2n) is 20.8. The lowest BCUT2D eigenvalue weighted by atomic mass is 9.99. The lowest BCUT2D eigenvalue weighted by molar-refractivity contribution is -0.167. The number of rotatable bonds is 50. The molecule has 0 aromatic heterocycles. The van der Waals surface area contributed by atoms with Crippen LogP contribution in [0.25, 0.3) is 0 Å². The van der Waals surface area contributed by atoms with Gasteiger partial charge in [-0.3, -0.25) is 14.4 Å². The zero-order valence-corrected chi connectivity index (χ0v) is 43.4. The number of carbonyl (C=O) groups is 3. The zero-order chi connectivity index (χ0) is 46.3. The van der Waals surface area contributed by atoms with Gasteiger partial charge in [0.1, 0.15) is 13.2 Å². The Morgan fingerprint density at radius 3 is 0.825 bits per heavy atom. The average Bonchev–Trinajstić information content (AvgIpc) is 3.25. The molecule has 0 aromatic carbocycles. The molecule has 0 N–H and O–H groups in total. The number of hydrogen-bond acceptors (Lipinski definition) is 6. The molecular formula is C57H110O6. The summed E-state index contributed by atoms with van der Waals surface area (Å²) < 4.78 is 16.9. The fourth-order valence-electron chi connectivity index (χ4n) is 8.61. The Bertz CT molecular complexity index is 978. The quantitative estimate of drug-likeness (QED) is 0.0344. The first kappa shape index (κ1) is 61.4. The fraction of sp³-hybridized carbons (Fsp3) is 0.947. The van der Waals surface area contributed by atoms with Crippen LogP contribution in [0.3, 0.4) is 0 Å². The summed E-state index contributed by atoms with van der Waals surface area (Å²) in [5.41, 5.74) is 0. The molecule has 0 spiro atoms. The van der Waals surface area contributed by atoms with Crippen LogP contribution in [-0.4, -0.2) is 37.2 Å². The maximum absolute atomic E-state index is 12.8. The van der Waals surface area contributed by atoms with Crippen molar-refractivity contribution in [3.05, 3.63) is 0 Å². The first-order valence-electron chi connectivity index (χ1n) is 28.1. The lowest BCUT2D eigenvalue weighted by Crippen LogP contribution is -2.30. The van der Waals surface area contributed by atoms with Crippen LogP contribution in [0, 0.1) is 17.8 Å². The van der Waals surface area contributed by atoms with Crippen molar-refractivity contribution in [2.45, 2.75) is 317 Å². The Hall–Kier alpha value is -1.59. The summed E-state index contributed by atoms with van der Waals surface area (Å²) in [4.78, 5) is 38.1. The molecule has 6 nitrogen and oxygen atoms in total. The second-order valence-corrected chi connectivity index (χ2v) is 20.8. The van der Waals surface area contributed by atoms with Crippen LogP contribution in [-0.2, 0) is 28.6 Å². The van der Waals surface area contributed by atoms with Gasteiger partial charge in [-0.2, -0.15) is 0 Å². The minimum atomic E-state index is -0.763. The zero-order valence-electron chi connectivity index (χ0n) is 43.4. The van der Waals surface area contributed by atoms with Crippen LogP contribution in [0.4, 0.5) is 0 Å². The molecule has 0 aliphatic rings. The van der Waals surface area contributed by atoms with Gasteiger partial charge >= 0.3 is 17.9 Å². The van der Waals surface area contributed by atoms with Gasteiger partial charge in [0.15, 0.2) is 6.10 Å². The SMILES string of the molecule is CCC(C)CCCCCCCCCCCCC(=O)O[C@H](COC(=O)CCCCCCCCCCCCCCCC(C)C)COC(=O)CCCCCCCCCCCCCCC(C)C. The monoisotopic (exact) mass is 891 g/mol. The maximum Gasteiger partial charge on any atom is 0.306 e. The van der Waals surface area contributed by atoms with Crippen molar-refractivity contribution in [2.75, 3.05) is 13.2 Å².